The van der Waals surface area contributed by atoms with Gasteiger partial charge in [-0.05, 0) is 23.0 Å². The molecule has 1 aromatic carbocycles. The number of ether oxygens (including phenoxy) is 1. The van der Waals surface area contributed by atoms with Crippen LogP contribution in [0.5, 0.6) is 0 Å². The number of methoxy groups -OCH3 is 1. The summed E-state index contributed by atoms with van der Waals surface area (Å²) in [6.45, 7) is 7.76. The molecule has 0 N–H and O–H groups in total. The molecular formula is C19H25NO3. The summed E-state index contributed by atoms with van der Waals surface area (Å²) in [5, 5.41) is 0. The summed E-state index contributed by atoms with van der Waals surface area (Å²) in [4.78, 5) is 25.3. The highest BCUT2D eigenvalue weighted by Crippen LogP contribution is 2.24. The molecule has 1 amide bonds. The van der Waals surface area contributed by atoms with Crippen molar-refractivity contribution in [2.75, 3.05) is 13.7 Å². The average Bonchev–Trinajstić information content (AvgIpc) is 2.85. The van der Waals surface area contributed by atoms with Gasteiger partial charge in [0.1, 0.15) is 0 Å². The van der Waals surface area contributed by atoms with Crippen LogP contribution in [-0.4, -0.2) is 30.4 Å². The quantitative estimate of drug-likeness (QED) is 0.784. The Morgan fingerprint density at radius 1 is 1.22 bits per heavy atom. The second-order valence-corrected chi connectivity index (χ2v) is 6.94. The van der Waals surface area contributed by atoms with Crippen molar-refractivity contribution in [1.29, 1.82) is 0 Å². The van der Waals surface area contributed by atoms with Gasteiger partial charge in [-0.1, -0.05) is 51.1 Å². The van der Waals surface area contributed by atoms with E-state index in [1.165, 1.54) is 12.7 Å². The summed E-state index contributed by atoms with van der Waals surface area (Å²) in [5.74, 6) is -0.260. The lowest BCUT2D eigenvalue weighted by atomic mass is 9.87. The Morgan fingerprint density at radius 2 is 1.87 bits per heavy atom. The fraction of sp³-hybridized carbons (Fsp3) is 0.474. The molecule has 1 aliphatic rings. The predicted molar refractivity (Wildman–Crippen MR) is 89.9 cm³/mol. The van der Waals surface area contributed by atoms with Gasteiger partial charge in [-0.3, -0.25) is 9.59 Å². The summed E-state index contributed by atoms with van der Waals surface area (Å²) in [6, 6.07) is 8.42. The zero-order chi connectivity index (χ0) is 17.0. The van der Waals surface area contributed by atoms with Gasteiger partial charge >= 0.3 is 5.97 Å². The van der Waals surface area contributed by atoms with Gasteiger partial charge < -0.3 is 9.64 Å². The van der Waals surface area contributed by atoms with Crippen molar-refractivity contribution in [1.82, 2.24) is 4.90 Å². The van der Waals surface area contributed by atoms with E-state index in [2.05, 4.69) is 49.8 Å². The fourth-order valence-electron chi connectivity index (χ4n) is 2.61. The van der Waals surface area contributed by atoms with E-state index in [1.807, 2.05) is 6.08 Å². The van der Waals surface area contributed by atoms with E-state index in [0.717, 1.165) is 5.56 Å². The Labute approximate surface area is 138 Å². The van der Waals surface area contributed by atoms with Crippen molar-refractivity contribution >= 4 is 11.9 Å². The van der Waals surface area contributed by atoms with Crippen LogP contribution in [0.25, 0.3) is 0 Å². The van der Waals surface area contributed by atoms with Crippen LogP contribution >= 0.6 is 0 Å². The molecule has 0 aromatic heterocycles. The van der Waals surface area contributed by atoms with Gasteiger partial charge in [-0.25, -0.2) is 0 Å². The summed E-state index contributed by atoms with van der Waals surface area (Å²) in [6.07, 6.45) is 2.61. The topological polar surface area (TPSA) is 46.6 Å². The van der Waals surface area contributed by atoms with Crippen molar-refractivity contribution in [3.05, 3.63) is 47.0 Å². The third kappa shape index (κ3) is 4.44. The van der Waals surface area contributed by atoms with E-state index in [9.17, 15) is 9.59 Å². The second-order valence-electron chi connectivity index (χ2n) is 6.94. The number of esters is 1. The van der Waals surface area contributed by atoms with Crippen LogP contribution in [0.15, 0.2) is 35.9 Å². The Kier molecular flexibility index (Phi) is 5.24. The highest BCUT2D eigenvalue weighted by molar-refractivity contribution is 5.96. The Morgan fingerprint density at radius 3 is 2.43 bits per heavy atom. The Bertz CT molecular complexity index is 608. The van der Waals surface area contributed by atoms with E-state index in [1.54, 1.807) is 4.90 Å². The van der Waals surface area contributed by atoms with Crippen LogP contribution in [0.4, 0.5) is 0 Å². The molecule has 0 saturated carbocycles. The lowest BCUT2D eigenvalue weighted by Gasteiger charge is -2.21. The van der Waals surface area contributed by atoms with Crippen LogP contribution in [0.1, 0.15) is 44.7 Å². The number of hydrogen-bond donors (Lipinski definition) is 0. The average molecular weight is 315 g/mol. The maximum atomic E-state index is 12.3. The molecule has 0 radical (unpaired) electrons. The number of carbonyl (C=O) groups excluding carboxylic acids is 2. The van der Waals surface area contributed by atoms with E-state index in [0.29, 0.717) is 25.1 Å². The minimum Gasteiger partial charge on any atom is -0.469 e. The van der Waals surface area contributed by atoms with Crippen LogP contribution in [0.3, 0.4) is 0 Å². The largest absolute Gasteiger partial charge is 0.469 e. The normalized spacial score (nSPS) is 14.9. The minimum absolute atomic E-state index is 0.0220. The zero-order valence-electron chi connectivity index (χ0n) is 14.4. The molecule has 0 fully saturated rings. The first kappa shape index (κ1) is 17.3. The molecule has 0 atom stereocenters. The van der Waals surface area contributed by atoms with E-state index >= 15 is 0 Å². The number of benzene rings is 1. The third-order valence-corrected chi connectivity index (χ3v) is 4.14. The first-order valence-corrected chi connectivity index (χ1v) is 7.96. The van der Waals surface area contributed by atoms with Crippen molar-refractivity contribution in [2.45, 2.75) is 45.6 Å². The van der Waals surface area contributed by atoms with E-state index in [4.69, 9.17) is 0 Å². The van der Waals surface area contributed by atoms with E-state index < -0.39 is 0 Å². The maximum Gasteiger partial charge on any atom is 0.305 e. The van der Waals surface area contributed by atoms with Crippen molar-refractivity contribution < 1.29 is 14.3 Å². The van der Waals surface area contributed by atoms with Crippen LogP contribution < -0.4 is 0 Å². The van der Waals surface area contributed by atoms with Gasteiger partial charge in [-0.2, -0.15) is 0 Å². The first-order chi connectivity index (χ1) is 10.8. The molecule has 1 aliphatic heterocycles. The number of nitrogens with zero attached hydrogens (tertiary/aromatic N) is 1. The molecule has 0 saturated heterocycles. The van der Waals surface area contributed by atoms with Gasteiger partial charge in [0.15, 0.2) is 0 Å². The van der Waals surface area contributed by atoms with Crippen LogP contribution in [0, 0.1) is 0 Å². The number of hydrogen-bond acceptors (Lipinski definition) is 3. The molecule has 124 valence electrons. The molecule has 1 aromatic rings. The molecule has 2 rings (SSSR count). The lowest BCUT2D eigenvalue weighted by Crippen LogP contribution is -2.26. The predicted octanol–water partition coefficient (Wildman–Crippen LogP) is 3.21. The summed E-state index contributed by atoms with van der Waals surface area (Å²) >= 11 is 0. The fourth-order valence-corrected chi connectivity index (χ4v) is 2.61. The lowest BCUT2D eigenvalue weighted by molar-refractivity contribution is -0.140. The summed E-state index contributed by atoms with van der Waals surface area (Å²) in [7, 11) is 1.36. The SMILES string of the molecule is COC(=O)CCC1=CCN(Cc2ccc(C(C)(C)C)cc2)C1=O. The van der Waals surface area contributed by atoms with Gasteiger partial charge in [0.05, 0.1) is 7.11 Å². The van der Waals surface area contributed by atoms with Crippen molar-refractivity contribution in [2.24, 2.45) is 0 Å². The van der Waals surface area contributed by atoms with Crippen molar-refractivity contribution in [3.63, 3.8) is 0 Å². The molecule has 23 heavy (non-hydrogen) atoms. The number of rotatable bonds is 5. The van der Waals surface area contributed by atoms with Gasteiger partial charge in [-0.15, -0.1) is 0 Å². The van der Waals surface area contributed by atoms with Gasteiger partial charge in [0.25, 0.3) is 0 Å². The summed E-state index contributed by atoms with van der Waals surface area (Å²) < 4.78 is 4.62. The summed E-state index contributed by atoms with van der Waals surface area (Å²) in [5.41, 5.74) is 3.24. The highest BCUT2D eigenvalue weighted by atomic mass is 16.5. The molecule has 0 unspecified atom stereocenters. The molecule has 4 heteroatoms. The maximum absolute atomic E-state index is 12.3. The van der Waals surface area contributed by atoms with Crippen molar-refractivity contribution in [3.8, 4) is 0 Å². The minimum atomic E-state index is -0.282. The Balaban J connectivity index is 1.92. The first-order valence-electron chi connectivity index (χ1n) is 7.96. The monoisotopic (exact) mass is 315 g/mol. The number of amides is 1. The van der Waals surface area contributed by atoms with Gasteiger partial charge in [0, 0.05) is 25.1 Å². The van der Waals surface area contributed by atoms with Crippen LogP contribution in [0.2, 0.25) is 0 Å². The van der Waals surface area contributed by atoms with Crippen LogP contribution in [-0.2, 0) is 26.3 Å². The zero-order valence-corrected chi connectivity index (χ0v) is 14.4. The smallest absolute Gasteiger partial charge is 0.305 e. The highest BCUT2D eigenvalue weighted by Gasteiger charge is 2.24. The molecule has 1 heterocycles. The molecule has 0 spiro atoms. The van der Waals surface area contributed by atoms with E-state index in [-0.39, 0.29) is 23.7 Å². The molecular weight excluding hydrogens is 290 g/mol. The molecule has 0 aliphatic carbocycles. The standard InChI is InChI=1S/C19H25NO3/c1-19(2,3)16-8-5-14(6-9-16)13-20-12-11-15(18(20)22)7-10-17(21)23-4/h5-6,8-9,11H,7,10,12-13H2,1-4H3. The van der Waals surface area contributed by atoms with Gasteiger partial charge in [0.2, 0.25) is 5.91 Å². The number of carbonyl (C=O) groups is 2. The second kappa shape index (κ2) is 6.99. The molecule has 0 bridgehead atoms. The third-order valence-electron chi connectivity index (χ3n) is 4.14. The Hall–Kier alpha value is -2.10. The molecule has 4 nitrogen and oxygen atoms in total.